The van der Waals surface area contributed by atoms with Crippen LogP contribution in [0.1, 0.15) is 43.2 Å². The molecule has 4 bridgehead atoms. The first-order valence-electron chi connectivity index (χ1n) is 20.1. The van der Waals surface area contributed by atoms with E-state index in [1.807, 2.05) is 0 Å². The molecule has 0 spiro atoms. The molecule has 5 aromatic rings. The Balaban J connectivity index is 0.000000172. The van der Waals surface area contributed by atoms with E-state index in [2.05, 4.69) is 41.4 Å². The van der Waals surface area contributed by atoms with Gasteiger partial charge >= 0.3 is 30.4 Å². The number of fused-ring (bicyclic) bond motifs is 4. The summed E-state index contributed by atoms with van der Waals surface area (Å²) in [5.41, 5.74) is 0. The predicted octanol–water partition coefficient (Wildman–Crippen LogP) is 7.92. The molecule has 4 atom stereocenters. The van der Waals surface area contributed by atoms with Crippen LogP contribution in [0, 0.1) is 65.5 Å². The summed E-state index contributed by atoms with van der Waals surface area (Å²) in [7, 11) is 0. The molecule has 22 heteroatoms. The number of hydrogen-bond acceptors (Lipinski definition) is 12. The molecule has 0 radical (unpaired) electrons. The van der Waals surface area contributed by atoms with Crippen molar-refractivity contribution in [2.24, 2.45) is 35.5 Å². The molecule has 3 aromatic heterocycles. The van der Waals surface area contributed by atoms with Gasteiger partial charge in [0.25, 0.3) is 0 Å². The van der Waals surface area contributed by atoms with Crippen molar-refractivity contribution in [2.75, 3.05) is 31.1 Å². The van der Waals surface area contributed by atoms with E-state index in [-0.39, 0.29) is 47.0 Å². The molecule has 2 aliphatic carbocycles. The van der Waals surface area contributed by atoms with Crippen LogP contribution >= 0.6 is 0 Å². The lowest BCUT2D eigenvalue weighted by Crippen LogP contribution is -2.43. The Morgan fingerprint density at radius 3 is 1.53 bits per heavy atom. The van der Waals surface area contributed by atoms with Gasteiger partial charge in [0.05, 0.1) is 0 Å². The molecule has 62 heavy (non-hydrogen) atoms. The van der Waals surface area contributed by atoms with Crippen molar-refractivity contribution in [1.29, 1.82) is 5.26 Å². The molecule has 14 nitrogen and oxygen atoms in total. The SMILES string of the molecule is Cc1noc(N2CC3CCC(C2)C3Cc2nc(Oc3cccc(F)c3)n(CC(F)(F)F)n2)n1.N#CN1CC2CCC(C1)C2Cc1nc(Oc2cccc(F)c2)n(CC(F)(F)F)n1. The highest BCUT2D eigenvalue weighted by molar-refractivity contribution is 5.29. The molecule has 2 saturated heterocycles. The number of anilines is 1. The molecular formula is C40H41F8N11O3. The van der Waals surface area contributed by atoms with Crippen molar-refractivity contribution < 1.29 is 49.1 Å². The summed E-state index contributed by atoms with van der Waals surface area (Å²) < 4.78 is 123. The molecule has 0 amide bonds. The lowest BCUT2D eigenvalue weighted by atomic mass is 9.82. The van der Waals surface area contributed by atoms with Gasteiger partial charge in [0, 0.05) is 51.2 Å². The Morgan fingerprint density at radius 2 is 1.15 bits per heavy atom. The van der Waals surface area contributed by atoms with E-state index in [9.17, 15) is 35.1 Å². The normalized spacial score (nSPS) is 23.2. The van der Waals surface area contributed by atoms with Crippen molar-refractivity contribution in [3.05, 3.63) is 77.6 Å². The highest BCUT2D eigenvalue weighted by Crippen LogP contribution is 2.45. The number of hydrogen-bond donors (Lipinski definition) is 0. The first kappa shape index (κ1) is 42.7. The van der Waals surface area contributed by atoms with Gasteiger partial charge in [-0.05, 0) is 92.4 Å². The number of aryl methyl sites for hydroxylation is 1. The van der Waals surface area contributed by atoms with E-state index in [0.717, 1.165) is 50.9 Å². The highest BCUT2D eigenvalue weighted by Gasteiger charge is 2.45. The maximum Gasteiger partial charge on any atom is 0.408 e. The fourth-order valence-corrected chi connectivity index (χ4v) is 9.30. The van der Waals surface area contributed by atoms with E-state index >= 15 is 0 Å². The minimum Gasteiger partial charge on any atom is -0.424 e. The van der Waals surface area contributed by atoms with Crippen molar-refractivity contribution >= 4 is 6.01 Å². The Hall–Kier alpha value is -6.01. The maximum absolute atomic E-state index is 13.5. The number of likely N-dealkylation sites (tertiary alicyclic amines) is 1. The number of benzene rings is 2. The maximum atomic E-state index is 13.5. The van der Waals surface area contributed by atoms with E-state index < -0.39 is 37.1 Å². The fourth-order valence-electron chi connectivity index (χ4n) is 9.30. The average Bonchev–Trinajstić information content (AvgIpc) is 3.98. The van der Waals surface area contributed by atoms with Gasteiger partial charge in [0.1, 0.15) is 36.2 Å². The number of ether oxygens (including phenoxy) is 2. The Morgan fingerprint density at radius 1 is 0.694 bits per heavy atom. The number of alkyl halides is 6. The molecule has 2 aliphatic heterocycles. The first-order chi connectivity index (χ1) is 29.5. The Kier molecular flexibility index (Phi) is 12.0. The van der Waals surface area contributed by atoms with E-state index in [1.165, 1.54) is 36.4 Å². The number of aromatic nitrogens is 8. The topological polar surface area (TPSA) is 149 Å². The minimum atomic E-state index is -4.50. The third-order valence-electron chi connectivity index (χ3n) is 11.9. The summed E-state index contributed by atoms with van der Waals surface area (Å²) >= 11 is 0. The van der Waals surface area contributed by atoms with Crippen LogP contribution in [0.3, 0.4) is 0 Å². The summed E-state index contributed by atoms with van der Waals surface area (Å²) in [6, 6.07) is 10.2. The molecule has 4 aliphatic rings. The van der Waals surface area contributed by atoms with E-state index in [4.69, 9.17) is 19.3 Å². The summed E-state index contributed by atoms with van der Waals surface area (Å²) in [6.07, 6.45) is -1.95. The van der Waals surface area contributed by atoms with Gasteiger partial charge in [-0.15, -0.1) is 0 Å². The van der Waals surface area contributed by atoms with Gasteiger partial charge < -0.3 is 23.8 Å². The predicted molar refractivity (Wildman–Crippen MR) is 200 cm³/mol. The third-order valence-corrected chi connectivity index (χ3v) is 11.9. The fraction of sp³-hybridized carbons (Fsp3) is 0.525. The van der Waals surface area contributed by atoms with Crippen LogP contribution in [0.15, 0.2) is 53.1 Å². The quantitative estimate of drug-likeness (QED) is 0.0938. The van der Waals surface area contributed by atoms with E-state index in [1.54, 1.807) is 11.8 Å². The number of halogens is 8. The summed E-state index contributed by atoms with van der Waals surface area (Å²) in [6.45, 7) is 1.87. The molecule has 0 N–H and O–H groups in total. The van der Waals surface area contributed by atoms with Gasteiger partial charge in [-0.25, -0.2) is 18.1 Å². The standard InChI is InChI=1S/C21H22F4N6O2.C19H19F4N5O/c1-12-26-19(33-29-12)30-9-13-5-6-14(10-30)17(13)8-18-27-20(31(28-18)11-21(23,24)25)32-16-4-2-3-15(22)7-16;20-14-2-1-3-15(6-14)29-18-25-17(26-28(18)10-19(21,22)23)7-16-12-4-5-13(16)9-27(8-12)11-24/h2-4,7,13-14,17H,5-6,8-11H2,1H3;1-3,6,12-13,16H,4-5,7-10H2. The van der Waals surface area contributed by atoms with Crippen LogP contribution < -0.4 is 14.4 Å². The Labute approximate surface area is 349 Å². The molecule has 2 aromatic carbocycles. The van der Waals surface area contributed by atoms with Crippen LogP contribution in [-0.4, -0.2) is 83.1 Å². The number of nitriles is 1. The zero-order valence-electron chi connectivity index (χ0n) is 33.2. The molecule has 9 rings (SSSR count). The zero-order chi connectivity index (χ0) is 43.8. The van der Waals surface area contributed by atoms with Crippen molar-refractivity contribution in [3.8, 4) is 29.7 Å². The minimum absolute atomic E-state index is 0.0507. The molecule has 2 saturated carbocycles. The lowest BCUT2D eigenvalue weighted by Gasteiger charge is -2.36. The highest BCUT2D eigenvalue weighted by atomic mass is 19.4. The van der Waals surface area contributed by atoms with Crippen molar-refractivity contribution in [2.45, 2.75) is 70.9 Å². The summed E-state index contributed by atoms with van der Waals surface area (Å²) in [5, 5.41) is 21.1. The third kappa shape index (κ3) is 10.4. The molecular weight excluding hydrogens is 834 g/mol. The van der Waals surface area contributed by atoms with Crippen LogP contribution in [-0.2, 0) is 25.9 Å². The number of rotatable bonds is 11. The second kappa shape index (κ2) is 17.4. The largest absolute Gasteiger partial charge is 0.424 e. The van der Waals surface area contributed by atoms with Gasteiger partial charge in [-0.1, -0.05) is 17.3 Å². The Bertz CT molecular complexity index is 2350. The second-order valence-electron chi connectivity index (χ2n) is 16.3. The van der Waals surface area contributed by atoms with Crippen LogP contribution in [0.25, 0.3) is 0 Å². The molecule has 5 heterocycles. The summed E-state index contributed by atoms with van der Waals surface area (Å²) in [4.78, 5) is 16.5. The lowest BCUT2D eigenvalue weighted by molar-refractivity contribution is -0.144. The van der Waals surface area contributed by atoms with Crippen molar-refractivity contribution in [3.63, 3.8) is 0 Å². The smallest absolute Gasteiger partial charge is 0.408 e. The van der Waals surface area contributed by atoms with Gasteiger partial charge in [-0.2, -0.15) is 56.8 Å². The van der Waals surface area contributed by atoms with Crippen LogP contribution in [0.2, 0.25) is 0 Å². The second-order valence-corrected chi connectivity index (χ2v) is 16.3. The average molecular weight is 876 g/mol. The van der Waals surface area contributed by atoms with Crippen LogP contribution in [0.5, 0.6) is 23.5 Å². The monoisotopic (exact) mass is 875 g/mol. The number of nitrogens with zero attached hydrogens (tertiary/aromatic N) is 11. The number of piperidine rings is 2. The van der Waals surface area contributed by atoms with Crippen LogP contribution in [0.4, 0.5) is 41.1 Å². The van der Waals surface area contributed by atoms with Gasteiger partial charge in [-0.3, -0.25) is 0 Å². The summed E-state index contributed by atoms with van der Waals surface area (Å²) in [5.74, 6) is 1.81. The van der Waals surface area contributed by atoms with E-state index in [0.29, 0.717) is 70.8 Å². The first-order valence-corrected chi connectivity index (χ1v) is 20.1. The molecule has 330 valence electrons. The molecule has 4 fully saturated rings. The van der Waals surface area contributed by atoms with Gasteiger partial charge in [0.2, 0.25) is 0 Å². The van der Waals surface area contributed by atoms with Crippen molar-refractivity contribution in [1.82, 2.24) is 44.6 Å². The zero-order valence-corrected chi connectivity index (χ0v) is 33.2. The van der Waals surface area contributed by atoms with Gasteiger partial charge in [0.15, 0.2) is 23.7 Å². The molecule has 4 unspecified atom stereocenters.